The first kappa shape index (κ1) is 8.96. The van der Waals surface area contributed by atoms with Crippen LogP contribution in [0.25, 0.3) is 0 Å². The van der Waals surface area contributed by atoms with Crippen molar-refractivity contribution in [1.82, 2.24) is 5.01 Å². The lowest BCUT2D eigenvalue weighted by Crippen LogP contribution is -2.36. The molecule has 1 heterocycles. The van der Waals surface area contributed by atoms with E-state index in [2.05, 4.69) is 5.29 Å². The number of piperidine rings is 1. The number of hydrogen-bond acceptors (Lipinski definition) is 3. The highest BCUT2D eigenvalue weighted by Gasteiger charge is 2.24. The highest BCUT2D eigenvalue weighted by atomic mass is 16.4. The molecule has 0 bridgehead atoms. The number of carboxylic acid groups (broad SMARTS) is 1. The van der Waals surface area contributed by atoms with Gasteiger partial charge in [0.1, 0.15) is 0 Å². The van der Waals surface area contributed by atoms with E-state index >= 15 is 0 Å². The summed E-state index contributed by atoms with van der Waals surface area (Å²) < 4.78 is 0. The second kappa shape index (κ2) is 4.04. The minimum atomic E-state index is -0.865. The number of nitroso groups, excluding NO2 is 1. The van der Waals surface area contributed by atoms with Gasteiger partial charge >= 0.3 is 5.97 Å². The molecule has 5 heteroatoms. The number of hydrogen-bond donors (Lipinski definition) is 1. The average molecular weight is 172 g/mol. The molecule has 1 unspecified atom stereocenters. The van der Waals surface area contributed by atoms with E-state index in [-0.39, 0.29) is 12.5 Å². The molecule has 0 aromatic carbocycles. The maximum Gasteiger partial charge on any atom is 0.305 e. The molecular weight excluding hydrogens is 160 g/mol. The quantitative estimate of drug-likeness (QED) is 0.644. The van der Waals surface area contributed by atoms with E-state index in [0.717, 1.165) is 19.3 Å². The second-order valence-electron chi connectivity index (χ2n) is 2.99. The van der Waals surface area contributed by atoms with Crippen LogP contribution < -0.4 is 0 Å². The summed E-state index contributed by atoms with van der Waals surface area (Å²) in [4.78, 5) is 20.6. The fraction of sp³-hybridized carbons (Fsp3) is 0.857. The van der Waals surface area contributed by atoms with Gasteiger partial charge in [0.05, 0.1) is 17.7 Å². The largest absolute Gasteiger partial charge is 0.481 e. The first-order chi connectivity index (χ1) is 5.74. The van der Waals surface area contributed by atoms with Crippen LogP contribution in [0.15, 0.2) is 5.29 Å². The van der Waals surface area contributed by atoms with E-state index < -0.39 is 5.97 Å². The Hall–Kier alpha value is -1.13. The number of aliphatic carboxylic acids is 1. The first-order valence-corrected chi connectivity index (χ1v) is 4.05. The fourth-order valence-corrected chi connectivity index (χ4v) is 1.50. The molecule has 1 rings (SSSR count). The van der Waals surface area contributed by atoms with Crippen molar-refractivity contribution >= 4 is 5.97 Å². The third-order valence-electron chi connectivity index (χ3n) is 2.11. The summed E-state index contributed by atoms with van der Waals surface area (Å²) in [7, 11) is 0. The minimum absolute atomic E-state index is 0.0196. The zero-order valence-corrected chi connectivity index (χ0v) is 6.77. The molecule has 0 aromatic heterocycles. The number of carboxylic acids is 1. The number of carbonyl (C=O) groups is 1. The minimum Gasteiger partial charge on any atom is -0.481 e. The third-order valence-corrected chi connectivity index (χ3v) is 2.11. The highest BCUT2D eigenvalue weighted by molar-refractivity contribution is 5.67. The molecule has 0 aromatic rings. The molecule has 1 saturated heterocycles. The van der Waals surface area contributed by atoms with Gasteiger partial charge in [0, 0.05) is 6.54 Å². The van der Waals surface area contributed by atoms with E-state index in [1.54, 1.807) is 0 Å². The van der Waals surface area contributed by atoms with E-state index in [1.165, 1.54) is 5.01 Å². The molecule has 1 N–H and O–H groups in total. The first-order valence-electron chi connectivity index (χ1n) is 4.05. The Morgan fingerprint density at radius 1 is 1.58 bits per heavy atom. The summed E-state index contributed by atoms with van der Waals surface area (Å²) in [6, 6.07) is -0.186. The predicted molar refractivity (Wildman–Crippen MR) is 42.4 cm³/mol. The van der Waals surface area contributed by atoms with E-state index in [9.17, 15) is 9.70 Å². The van der Waals surface area contributed by atoms with Gasteiger partial charge in [-0.2, -0.15) is 0 Å². The van der Waals surface area contributed by atoms with Gasteiger partial charge in [-0.15, -0.1) is 4.91 Å². The van der Waals surface area contributed by atoms with Crippen LogP contribution in [-0.4, -0.2) is 28.7 Å². The maximum absolute atomic E-state index is 10.4. The SMILES string of the molecule is O=NN1CCCCC1CC(=O)O. The molecule has 1 aliphatic rings. The lowest BCUT2D eigenvalue weighted by atomic mass is 10.0. The lowest BCUT2D eigenvalue weighted by molar-refractivity contribution is -0.138. The van der Waals surface area contributed by atoms with Crippen molar-refractivity contribution in [3.63, 3.8) is 0 Å². The molecular formula is C7H12N2O3. The molecule has 0 spiro atoms. The summed E-state index contributed by atoms with van der Waals surface area (Å²) in [5.74, 6) is -0.865. The van der Waals surface area contributed by atoms with Crippen molar-refractivity contribution in [2.24, 2.45) is 5.29 Å². The second-order valence-corrected chi connectivity index (χ2v) is 2.99. The zero-order chi connectivity index (χ0) is 8.97. The predicted octanol–water partition coefficient (Wildman–Crippen LogP) is 0.997. The highest BCUT2D eigenvalue weighted by Crippen LogP contribution is 2.19. The van der Waals surface area contributed by atoms with E-state index in [4.69, 9.17) is 5.11 Å². The molecule has 5 nitrogen and oxygen atoms in total. The van der Waals surface area contributed by atoms with Crippen LogP contribution in [0, 0.1) is 4.91 Å². The van der Waals surface area contributed by atoms with Crippen LogP contribution in [0.2, 0.25) is 0 Å². The average Bonchev–Trinajstić information content (AvgIpc) is 2.04. The summed E-state index contributed by atoms with van der Waals surface area (Å²) in [6.45, 7) is 0.599. The van der Waals surface area contributed by atoms with Crippen molar-refractivity contribution in [3.05, 3.63) is 4.91 Å². The zero-order valence-electron chi connectivity index (χ0n) is 6.77. The summed E-state index contributed by atoms with van der Waals surface area (Å²) in [5.41, 5.74) is 0. The Morgan fingerprint density at radius 3 is 2.92 bits per heavy atom. The van der Waals surface area contributed by atoms with Crippen LogP contribution in [0.1, 0.15) is 25.7 Å². The Morgan fingerprint density at radius 2 is 2.33 bits per heavy atom. The van der Waals surface area contributed by atoms with Crippen LogP contribution in [0.5, 0.6) is 0 Å². The van der Waals surface area contributed by atoms with Gasteiger partial charge in [0.15, 0.2) is 0 Å². The van der Waals surface area contributed by atoms with Crippen LogP contribution in [-0.2, 0) is 4.79 Å². The van der Waals surface area contributed by atoms with E-state index in [1.807, 2.05) is 0 Å². The van der Waals surface area contributed by atoms with Crippen molar-refractivity contribution in [2.75, 3.05) is 6.54 Å². The molecule has 1 aliphatic heterocycles. The Bertz CT molecular complexity index is 183. The molecule has 0 amide bonds. The third kappa shape index (κ3) is 2.18. The molecule has 0 aliphatic carbocycles. The Labute approximate surface area is 70.3 Å². The van der Waals surface area contributed by atoms with Gasteiger partial charge in [0.25, 0.3) is 0 Å². The topological polar surface area (TPSA) is 70.0 Å². The molecule has 12 heavy (non-hydrogen) atoms. The van der Waals surface area contributed by atoms with Gasteiger partial charge in [-0.25, -0.2) is 0 Å². The van der Waals surface area contributed by atoms with Crippen LogP contribution in [0.3, 0.4) is 0 Å². The van der Waals surface area contributed by atoms with Gasteiger partial charge in [0.2, 0.25) is 0 Å². The van der Waals surface area contributed by atoms with Crippen molar-refractivity contribution in [2.45, 2.75) is 31.7 Å². The monoisotopic (exact) mass is 172 g/mol. The van der Waals surface area contributed by atoms with Crippen molar-refractivity contribution in [3.8, 4) is 0 Å². The number of nitrogens with zero attached hydrogens (tertiary/aromatic N) is 2. The molecule has 0 saturated carbocycles. The molecule has 1 fully saturated rings. The van der Waals surface area contributed by atoms with Gasteiger partial charge in [-0.1, -0.05) is 0 Å². The van der Waals surface area contributed by atoms with Crippen LogP contribution in [0.4, 0.5) is 0 Å². The van der Waals surface area contributed by atoms with Crippen molar-refractivity contribution in [1.29, 1.82) is 0 Å². The van der Waals surface area contributed by atoms with Crippen molar-refractivity contribution < 1.29 is 9.90 Å². The normalized spacial score (nSPS) is 23.7. The van der Waals surface area contributed by atoms with Gasteiger partial charge in [-0.3, -0.25) is 9.80 Å². The molecule has 1 atom stereocenters. The Balaban J connectivity index is 2.46. The summed E-state index contributed by atoms with van der Waals surface area (Å²) >= 11 is 0. The number of rotatable bonds is 3. The smallest absolute Gasteiger partial charge is 0.305 e. The summed E-state index contributed by atoms with van der Waals surface area (Å²) in [5, 5.41) is 12.7. The van der Waals surface area contributed by atoms with Crippen LogP contribution >= 0.6 is 0 Å². The standard InChI is InChI=1S/C7H12N2O3/c10-7(11)5-6-3-1-2-4-9(6)8-12/h6H,1-5H2,(H,10,11). The van der Waals surface area contributed by atoms with Gasteiger partial charge in [-0.05, 0) is 19.3 Å². The maximum atomic E-state index is 10.4. The lowest BCUT2D eigenvalue weighted by Gasteiger charge is -2.29. The van der Waals surface area contributed by atoms with Gasteiger partial charge < -0.3 is 5.11 Å². The Kier molecular flexibility index (Phi) is 3.01. The van der Waals surface area contributed by atoms with E-state index in [0.29, 0.717) is 6.54 Å². The molecule has 0 radical (unpaired) electrons. The fourth-order valence-electron chi connectivity index (χ4n) is 1.50. The molecule has 68 valence electrons. The summed E-state index contributed by atoms with van der Waals surface area (Å²) in [6.07, 6.45) is 2.70.